The Labute approximate surface area is 149 Å². The van der Waals surface area contributed by atoms with Crippen LogP contribution in [0.25, 0.3) is 6.08 Å². The number of thioether (sulfide) groups is 1. The van der Waals surface area contributed by atoms with Gasteiger partial charge in [-0.3, -0.25) is 9.69 Å². The summed E-state index contributed by atoms with van der Waals surface area (Å²) in [5.74, 6) is 1.55. The number of rotatable bonds is 5. The summed E-state index contributed by atoms with van der Waals surface area (Å²) in [5, 5.41) is 2.70. The fourth-order valence-corrected chi connectivity index (χ4v) is 3.71. The smallest absolute Gasteiger partial charge is 0.283 e. The Morgan fingerprint density at radius 2 is 2.04 bits per heavy atom. The number of aliphatic imine (C=N–C) groups is 1. The van der Waals surface area contributed by atoms with Crippen LogP contribution in [0.2, 0.25) is 0 Å². The molecule has 1 aromatic carbocycles. The highest BCUT2D eigenvalue weighted by Crippen LogP contribution is 2.30. The third-order valence-corrected chi connectivity index (χ3v) is 4.97. The molecule has 1 aliphatic rings. The van der Waals surface area contributed by atoms with Gasteiger partial charge < -0.3 is 4.74 Å². The second-order valence-corrected chi connectivity index (χ2v) is 7.15. The van der Waals surface area contributed by atoms with Gasteiger partial charge in [0, 0.05) is 4.88 Å². The minimum absolute atomic E-state index is 0.0940. The summed E-state index contributed by atoms with van der Waals surface area (Å²) in [4.78, 5) is 20.1. The first-order valence-corrected chi connectivity index (χ1v) is 9.63. The lowest BCUT2D eigenvalue weighted by Crippen LogP contribution is -2.30. The van der Waals surface area contributed by atoms with Crippen molar-refractivity contribution in [2.75, 3.05) is 17.3 Å². The number of amidine groups is 1. The molecule has 0 fully saturated rings. The van der Waals surface area contributed by atoms with Gasteiger partial charge in [-0.25, -0.2) is 4.99 Å². The Bertz CT molecular complexity index is 765. The monoisotopic (exact) mass is 358 g/mol. The summed E-state index contributed by atoms with van der Waals surface area (Å²) in [5.41, 5.74) is 1.28. The molecule has 0 radical (unpaired) electrons. The largest absolute Gasteiger partial charge is 0.494 e. The van der Waals surface area contributed by atoms with E-state index in [1.807, 2.05) is 54.8 Å². The summed E-state index contributed by atoms with van der Waals surface area (Å²) in [6.45, 7) is 4.62. The van der Waals surface area contributed by atoms with E-state index >= 15 is 0 Å². The molecule has 0 spiro atoms. The fraction of sp³-hybridized carbons (Fsp3) is 0.222. The molecule has 6 heteroatoms. The number of amides is 1. The average Bonchev–Trinajstić information content (AvgIpc) is 3.19. The van der Waals surface area contributed by atoms with Crippen LogP contribution >= 0.6 is 23.1 Å². The van der Waals surface area contributed by atoms with Crippen molar-refractivity contribution in [2.45, 2.75) is 13.8 Å². The van der Waals surface area contributed by atoms with Gasteiger partial charge in [0.1, 0.15) is 11.4 Å². The van der Waals surface area contributed by atoms with Crippen molar-refractivity contribution in [1.29, 1.82) is 0 Å². The number of nitrogens with zero attached hydrogens (tertiary/aromatic N) is 2. The maximum Gasteiger partial charge on any atom is 0.283 e. The standard InChI is InChI=1S/C18H18N2O2S2/c1-3-22-14-9-7-13(8-10-14)20-17(21)16(19-18(20)23-4-2)12-15-6-5-11-24-15/h5-12H,3-4H2,1-2H3/b16-12-. The van der Waals surface area contributed by atoms with E-state index in [0.717, 1.165) is 27.2 Å². The molecule has 124 valence electrons. The van der Waals surface area contributed by atoms with E-state index in [0.29, 0.717) is 12.3 Å². The van der Waals surface area contributed by atoms with Crippen LogP contribution in [-0.2, 0) is 4.79 Å². The van der Waals surface area contributed by atoms with Crippen molar-refractivity contribution in [2.24, 2.45) is 4.99 Å². The third kappa shape index (κ3) is 3.55. The second-order valence-electron chi connectivity index (χ2n) is 4.94. The van der Waals surface area contributed by atoms with Gasteiger partial charge in [0.2, 0.25) is 0 Å². The highest BCUT2D eigenvalue weighted by atomic mass is 32.2. The van der Waals surface area contributed by atoms with Gasteiger partial charge >= 0.3 is 0 Å². The zero-order chi connectivity index (χ0) is 16.9. The summed E-state index contributed by atoms with van der Waals surface area (Å²) in [6, 6.07) is 11.5. The number of ether oxygens (including phenoxy) is 1. The van der Waals surface area contributed by atoms with Gasteiger partial charge in [-0.1, -0.05) is 24.8 Å². The molecule has 4 nitrogen and oxygen atoms in total. The molecule has 24 heavy (non-hydrogen) atoms. The van der Waals surface area contributed by atoms with Crippen LogP contribution in [0.4, 0.5) is 5.69 Å². The quantitative estimate of drug-likeness (QED) is 0.731. The van der Waals surface area contributed by atoms with Crippen molar-refractivity contribution >= 4 is 45.9 Å². The molecule has 0 bridgehead atoms. The zero-order valence-corrected chi connectivity index (χ0v) is 15.2. The summed E-state index contributed by atoms with van der Waals surface area (Å²) in [6.07, 6.45) is 1.85. The second kappa shape index (κ2) is 7.68. The zero-order valence-electron chi connectivity index (χ0n) is 13.6. The molecule has 3 rings (SSSR count). The molecule has 0 saturated heterocycles. The van der Waals surface area contributed by atoms with Gasteiger partial charge in [-0.05, 0) is 54.5 Å². The first-order chi connectivity index (χ1) is 11.7. The topological polar surface area (TPSA) is 41.9 Å². The molecule has 1 aromatic heterocycles. The van der Waals surface area contributed by atoms with Crippen LogP contribution in [0.3, 0.4) is 0 Å². The molecule has 2 heterocycles. The molecular formula is C18H18N2O2S2. The lowest BCUT2D eigenvalue weighted by atomic mass is 10.2. The normalized spacial score (nSPS) is 15.9. The summed E-state index contributed by atoms with van der Waals surface area (Å²) in [7, 11) is 0. The van der Waals surface area contributed by atoms with Crippen molar-refractivity contribution < 1.29 is 9.53 Å². The number of carbonyl (C=O) groups is 1. The van der Waals surface area contributed by atoms with Crippen LogP contribution in [-0.4, -0.2) is 23.4 Å². The molecule has 0 aliphatic carbocycles. The lowest BCUT2D eigenvalue weighted by molar-refractivity contribution is -0.113. The van der Waals surface area contributed by atoms with E-state index in [2.05, 4.69) is 11.9 Å². The highest BCUT2D eigenvalue weighted by molar-refractivity contribution is 8.14. The number of hydrogen-bond donors (Lipinski definition) is 0. The van der Waals surface area contributed by atoms with Crippen molar-refractivity contribution in [1.82, 2.24) is 0 Å². The van der Waals surface area contributed by atoms with E-state index in [1.54, 1.807) is 28.0 Å². The predicted molar refractivity (Wildman–Crippen MR) is 103 cm³/mol. The van der Waals surface area contributed by atoms with E-state index < -0.39 is 0 Å². The Morgan fingerprint density at radius 3 is 2.67 bits per heavy atom. The van der Waals surface area contributed by atoms with Crippen LogP contribution in [0, 0.1) is 0 Å². The van der Waals surface area contributed by atoms with Gasteiger partial charge in [-0.15, -0.1) is 11.3 Å². The van der Waals surface area contributed by atoms with Crippen molar-refractivity contribution in [3.63, 3.8) is 0 Å². The number of hydrogen-bond acceptors (Lipinski definition) is 5. The molecule has 1 aliphatic heterocycles. The molecule has 0 unspecified atom stereocenters. The van der Waals surface area contributed by atoms with Crippen molar-refractivity contribution in [3.8, 4) is 5.75 Å². The number of anilines is 1. The number of benzene rings is 1. The fourth-order valence-electron chi connectivity index (χ4n) is 2.32. The Kier molecular flexibility index (Phi) is 5.37. The first kappa shape index (κ1) is 16.8. The van der Waals surface area contributed by atoms with Gasteiger partial charge in [0.15, 0.2) is 5.17 Å². The van der Waals surface area contributed by atoms with Crippen LogP contribution < -0.4 is 9.64 Å². The SMILES string of the molecule is CCOc1ccc(N2C(=O)/C(=C/c3cccs3)N=C2SCC)cc1. The third-order valence-electron chi connectivity index (χ3n) is 3.33. The van der Waals surface area contributed by atoms with Crippen LogP contribution in [0.15, 0.2) is 52.5 Å². The van der Waals surface area contributed by atoms with E-state index in [4.69, 9.17) is 4.74 Å². The highest BCUT2D eigenvalue weighted by Gasteiger charge is 2.31. The average molecular weight is 358 g/mol. The minimum Gasteiger partial charge on any atom is -0.494 e. The lowest BCUT2D eigenvalue weighted by Gasteiger charge is -2.17. The molecule has 2 aromatic rings. The Balaban J connectivity index is 1.91. The summed E-state index contributed by atoms with van der Waals surface area (Å²) < 4.78 is 5.47. The molecule has 1 amide bonds. The first-order valence-electron chi connectivity index (χ1n) is 7.77. The Hall–Kier alpha value is -2.05. The number of carbonyl (C=O) groups excluding carboxylic acids is 1. The minimum atomic E-state index is -0.0940. The maximum atomic E-state index is 12.8. The Morgan fingerprint density at radius 1 is 1.25 bits per heavy atom. The van der Waals surface area contributed by atoms with Crippen LogP contribution in [0.1, 0.15) is 18.7 Å². The maximum absolute atomic E-state index is 12.8. The van der Waals surface area contributed by atoms with Crippen molar-refractivity contribution in [3.05, 3.63) is 52.4 Å². The van der Waals surface area contributed by atoms with Gasteiger partial charge in [0.05, 0.1) is 12.3 Å². The van der Waals surface area contributed by atoms with Gasteiger partial charge in [-0.2, -0.15) is 0 Å². The van der Waals surface area contributed by atoms with E-state index in [9.17, 15) is 4.79 Å². The number of thiophene rings is 1. The van der Waals surface area contributed by atoms with Crippen LogP contribution in [0.5, 0.6) is 5.75 Å². The predicted octanol–water partition coefficient (Wildman–Crippen LogP) is 4.64. The molecule has 0 atom stereocenters. The van der Waals surface area contributed by atoms with E-state index in [1.165, 1.54) is 0 Å². The molecule has 0 saturated carbocycles. The summed E-state index contributed by atoms with van der Waals surface area (Å²) >= 11 is 3.15. The molecular weight excluding hydrogens is 340 g/mol. The molecule has 0 N–H and O–H groups in total. The van der Waals surface area contributed by atoms with E-state index in [-0.39, 0.29) is 5.91 Å². The van der Waals surface area contributed by atoms with Gasteiger partial charge in [0.25, 0.3) is 5.91 Å².